The molecule has 1 aromatic rings. The molecule has 2 rings (SSSR count). The van der Waals surface area contributed by atoms with Crippen LogP contribution in [0.3, 0.4) is 0 Å². The molecule has 0 amide bonds. The normalized spacial score (nSPS) is 16.4. The number of halogens is 2. The van der Waals surface area contributed by atoms with Crippen molar-refractivity contribution < 1.29 is 9.50 Å². The van der Waals surface area contributed by atoms with Gasteiger partial charge in [0.05, 0.1) is 16.8 Å². The standard InChI is InChI=1S/C13H18BrFN4O/c14-11-9(13(16)17)1-2-10(12(11)15)19-5-3-18(4-6-19)7-8-20/h1-2,20H,3-8H2,(H3,16,17). The molecule has 1 aromatic carbocycles. The van der Waals surface area contributed by atoms with Crippen LogP contribution in [0.1, 0.15) is 5.56 Å². The number of rotatable bonds is 4. The highest BCUT2D eigenvalue weighted by Crippen LogP contribution is 2.29. The van der Waals surface area contributed by atoms with E-state index >= 15 is 0 Å². The predicted octanol–water partition coefficient (Wildman–Crippen LogP) is 0.987. The lowest BCUT2D eigenvalue weighted by molar-refractivity contribution is 0.188. The van der Waals surface area contributed by atoms with Crippen LogP contribution in [0, 0.1) is 11.2 Å². The van der Waals surface area contributed by atoms with Crippen molar-refractivity contribution in [2.24, 2.45) is 5.73 Å². The third kappa shape index (κ3) is 3.11. The summed E-state index contributed by atoms with van der Waals surface area (Å²) in [6.07, 6.45) is 0. The second-order valence-corrected chi connectivity index (χ2v) is 5.52. The molecule has 20 heavy (non-hydrogen) atoms. The van der Waals surface area contributed by atoms with Gasteiger partial charge in [-0.25, -0.2) is 4.39 Å². The molecule has 110 valence electrons. The van der Waals surface area contributed by atoms with Crippen LogP contribution in [-0.2, 0) is 0 Å². The summed E-state index contributed by atoms with van der Waals surface area (Å²) >= 11 is 3.17. The van der Waals surface area contributed by atoms with E-state index in [-0.39, 0.29) is 22.7 Å². The van der Waals surface area contributed by atoms with Gasteiger partial charge in [-0.15, -0.1) is 0 Å². The Morgan fingerprint density at radius 2 is 2.00 bits per heavy atom. The second-order valence-electron chi connectivity index (χ2n) is 4.73. The molecule has 0 unspecified atom stereocenters. The number of nitrogens with zero attached hydrogens (tertiary/aromatic N) is 2. The molecule has 7 heteroatoms. The maximum absolute atomic E-state index is 14.4. The van der Waals surface area contributed by atoms with Gasteiger partial charge >= 0.3 is 0 Å². The number of nitrogens with two attached hydrogens (primary N) is 1. The molecule has 0 bridgehead atoms. The van der Waals surface area contributed by atoms with E-state index in [0.29, 0.717) is 30.9 Å². The van der Waals surface area contributed by atoms with Crippen LogP contribution in [-0.4, -0.2) is 55.2 Å². The molecule has 0 atom stereocenters. The third-order valence-electron chi connectivity index (χ3n) is 3.48. The number of hydrogen-bond acceptors (Lipinski definition) is 4. The van der Waals surface area contributed by atoms with Gasteiger partial charge in [0.15, 0.2) is 5.82 Å². The van der Waals surface area contributed by atoms with Gasteiger partial charge in [0.25, 0.3) is 0 Å². The van der Waals surface area contributed by atoms with Crippen molar-refractivity contribution in [2.75, 3.05) is 44.2 Å². The Hall–Kier alpha value is -1.18. The Labute approximate surface area is 125 Å². The summed E-state index contributed by atoms with van der Waals surface area (Å²) in [7, 11) is 0. The average molecular weight is 345 g/mol. The van der Waals surface area contributed by atoms with Gasteiger partial charge in [-0.2, -0.15) is 0 Å². The molecule has 1 fully saturated rings. The van der Waals surface area contributed by atoms with Crippen molar-refractivity contribution in [1.82, 2.24) is 4.90 Å². The van der Waals surface area contributed by atoms with Gasteiger partial charge in [-0.1, -0.05) is 0 Å². The van der Waals surface area contributed by atoms with Crippen molar-refractivity contribution in [3.05, 3.63) is 28.0 Å². The van der Waals surface area contributed by atoms with E-state index in [1.807, 2.05) is 4.90 Å². The van der Waals surface area contributed by atoms with Crippen molar-refractivity contribution in [3.63, 3.8) is 0 Å². The predicted molar refractivity (Wildman–Crippen MR) is 80.9 cm³/mol. The van der Waals surface area contributed by atoms with Gasteiger partial charge in [0, 0.05) is 38.3 Å². The molecule has 0 spiro atoms. The zero-order valence-corrected chi connectivity index (χ0v) is 12.7. The number of anilines is 1. The average Bonchev–Trinajstić information content (AvgIpc) is 2.43. The first-order valence-corrected chi connectivity index (χ1v) is 7.24. The highest BCUT2D eigenvalue weighted by atomic mass is 79.9. The fourth-order valence-electron chi connectivity index (χ4n) is 2.35. The van der Waals surface area contributed by atoms with Crippen LogP contribution in [0.25, 0.3) is 0 Å². The maximum Gasteiger partial charge on any atom is 0.161 e. The molecule has 1 aliphatic rings. The largest absolute Gasteiger partial charge is 0.395 e. The maximum atomic E-state index is 14.4. The molecule has 0 aliphatic carbocycles. The minimum absolute atomic E-state index is 0.146. The fraction of sp³-hybridized carbons (Fsp3) is 0.462. The van der Waals surface area contributed by atoms with E-state index in [4.69, 9.17) is 16.2 Å². The Morgan fingerprint density at radius 3 is 2.55 bits per heavy atom. The Morgan fingerprint density at radius 1 is 1.35 bits per heavy atom. The Bertz CT molecular complexity index is 503. The first-order valence-electron chi connectivity index (χ1n) is 6.45. The SMILES string of the molecule is N=C(N)c1ccc(N2CCN(CCO)CC2)c(F)c1Br. The van der Waals surface area contributed by atoms with E-state index in [2.05, 4.69) is 20.8 Å². The minimum atomic E-state index is -0.381. The molecule has 1 heterocycles. The summed E-state index contributed by atoms with van der Waals surface area (Å²) in [5, 5.41) is 16.3. The van der Waals surface area contributed by atoms with Crippen LogP contribution in [0.5, 0.6) is 0 Å². The molecule has 0 radical (unpaired) electrons. The van der Waals surface area contributed by atoms with Gasteiger partial charge in [-0.3, -0.25) is 10.3 Å². The molecule has 1 aliphatic heterocycles. The van der Waals surface area contributed by atoms with Crippen molar-refractivity contribution in [1.29, 1.82) is 5.41 Å². The summed E-state index contributed by atoms with van der Waals surface area (Å²) in [4.78, 5) is 4.12. The number of aliphatic hydroxyl groups excluding tert-OH is 1. The number of β-amino-alcohol motifs (C(OH)–C–C–N with tert-alkyl or cyclic N) is 1. The number of piperazine rings is 1. The van der Waals surface area contributed by atoms with Gasteiger partial charge in [-0.05, 0) is 28.1 Å². The summed E-state index contributed by atoms with van der Waals surface area (Å²) < 4.78 is 14.6. The highest BCUT2D eigenvalue weighted by Gasteiger charge is 2.21. The molecule has 0 aromatic heterocycles. The number of hydrogen-bond donors (Lipinski definition) is 3. The number of nitrogen functional groups attached to an aromatic ring is 1. The molecule has 1 saturated heterocycles. The quantitative estimate of drug-likeness (QED) is 0.562. The molecular formula is C13H18BrFN4O. The summed E-state index contributed by atoms with van der Waals surface area (Å²) in [5.41, 5.74) is 6.29. The van der Waals surface area contributed by atoms with Gasteiger partial charge in [0.2, 0.25) is 0 Å². The minimum Gasteiger partial charge on any atom is -0.395 e. The summed E-state index contributed by atoms with van der Waals surface area (Å²) in [5.74, 6) is -0.539. The van der Waals surface area contributed by atoms with E-state index in [9.17, 15) is 4.39 Å². The van der Waals surface area contributed by atoms with Crippen LogP contribution in [0.4, 0.5) is 10.1 Å². The van der Waals surface area contributed by atoms with E-state index < -0.39 is 0 Å². The molecule has 4 N–H and O–H groups in total. The summed E-state index contributed by atoms with van der Waals surface area (Å²) in [6.45, 7) is 3.82. The smallest absolute Gasteiger partial charge is 0.161 e. The van der Waals surface area contributed by atoms with Crippen molar-refractivity contribution in [3.8, 4) is 0 Å². The number of amidine groups is 1. The lowest BCUT2D eigenvalue weighted by atomic mass is 10.1. The van der Waals surface area contributed by atoms with E-state index in [0.717, 1.165) is 13.1 Å². The lowest BCUT2D eigenvalue weighted by Crippen LogP contribution is -2.47. The van der Waals surface area contributed by atoms with Gasteiger partial charge < -0.3 is 15.7 Å². The molecule has 0 saturated carbocycles. The monoisotopic (exact) mass is 344 g/mol. The lowest BCUT2D eigenvalue weighted by Gasteiger charge is -2.36. The first-order chi connectivity index (χ1) is 9.54. The second kappa shape index (κ2) is 6.51. The first kappa shape index (κ1) is 15.2. The molecular weight excluding hydrogens is 327 g/mol. The van der Waals surface area contributed by atoms with Crippen LogP contribution < -0.4 is 10.6 Å². The Kier molecular flexibility index (Phi) is 4.95. The zero-order chi connectivity index (χ0) is 14.7. The van der Waals surface area contributed by atoms with E-state index in [1.165, 1.54) is 0 Å². The van der Waals surface area contributed by atoms with Gasteiger partial charge in [0.1, 0.15) is 5.84 Å². The van der Waals surface area contributed by atoms with E-state index in [1.54, 1.807) is 12.1 Å². The van der Waals surface area contributed by atoms with Crippen LogP contribution in [0.2, 0.25) is 0 Å². The third-order valence-corrected chi connectivity index (χ3v) is 4.26. The number of benzene rings is 1. The van der Waals surface area contributed by atoms with Crippen LogP contribution >= 0.6 is 15.9 Å². The van der Waals surface area contributed by atoms with Crippen molar-refractivity contribution >= 4 is 27.5 Å². The Balaban J connectivity index is 2.15. The molecule has 5 nitrogen and oxygen atoms in total. The topological polar surface area (TPSA) is 76.6 Å². The number of aliphatic hydroxyl groups is 1. The van der Waals surface area contributed by atoms with Crippen molar-refractivity contribution in [2.45, 2.75) is 0 Å². The number of nitrogens with one attached hydrogen (secondary N) is 1. The highest BCUT2D eigenvalue weighted by molar-refractivity contribution is 9.10. The summed E-state index contributed by atoms with van der Waals surface area (Å²) in [6, 6.07) is 3.32. The zero-order valence-electron chi connectivity index (χ0n) is 11.1. The van der Waals surface area contributed by atoms with Crippen LogP contribution in [0.15, 0.2) is 16.6 Å². The fourth-order valence-corrected chi connectivity index (χ4v) is 2.89.